The number of aromatic nitrogens is 1. The largest absolute Gasteiger partial charge is 0.296 e. The molecule has 1 aliphatic rings. The molecule has 2 heterocycles. The number of benzene rings is 1. The fourth-order valence-electron chi connectivity index (χ4n) is 2.29. The number of amides is 2. The Hall–Kier alpha value is -2.23. The molecule has 1 fully saturated rings. The summed E-state index contributed by atoms with van der Waals surface area (Å²) in [4.78, 5) is 27.2. The molecule has 2 amide bonds. The molecule has 3 rings (SSSR count). The maximum Gasteiger partial charge on any atom is 0.234 e. The summed E-state index contributed by atoms with van der Waals surface area (Å²) >= 11 is 0. The van der Waals surface area contributed by atoms with E-state index in [1.807, 2.05) is 44.2 Å². The van der Waals surface area contributed by atoms with Crippen LogP contribution in [0.3, 0.4) is 0 Å². The molecule has 1 aliphatic heterocycles. The molecule has 0 saturated carbocycles. The van der Waals surface area contributed by atoms with Crippen LogP contribution in [0.2, 0.25) is 0 Å². The van der Waals surface area contributed by atoms with Crippen LogP contribution in [0, 0.1) is 0 Å². The summed E-state index contributed by atoms with van der Waals surface area (Å²) in [5, 5.41) is 3.38. The number of hydrogen-bond acceptors (Lipinski definition) is 3. The Labute approximate surface area is 118 Å². The summed E-state index contributed by atoms with van der Waals surface area (Å²) in [6.45, 7) is 4.00. The normalized spacial score (nSPS) is 18.2. The molecule has 1 saturated heterocycles. The molecule has 0 radical (unpaired) electrons. The summed E-state index contributed by atoms with van der Waals surface area (Å²) < 4.78 is 0. The minimum absolute atomic E-state index is 0.190. The second-order valence-electron chi connectivity index (χ2n) is 4.47. The smallest absolute Gasteiger partial charge is 0.234 e. The van der Waals surface area contributed by atoms with Crippen molar-refractivity contribution in [1.29, 1.82) is 0 Å². The molecule has 1 atom stereocenters. The fourth-order valence-corrected chi connectivity index (χ4v) is 2.29. The van der Waals surface area contributed by atoms with Gasteiger partial charge in [-0.3, -0.25) is 19.9 Å². The number of para-hydroxylation sites is 1. The van der Waals surface area contributed by atoms with Gasteiger partial charge in [0.25, 0.3) is 0 Å². The molecule has 2 aromatic rings. The van der Waals surface area contributed by atoms with Crippen molar-refractivity contribution in [2.75, 3.05) is 0 Å². The zero-order chi connectivity index (χ0) is 14.5. The van der Waals surface area contributed by atoms with E-state index in [9.17, 15) is 9.59 Å². The van der Waals surface area contributed by atoms with Gasteiger partial charge in [-0.2, -0.15) is 0 Å². The van der Waals surface area contributed by atoms with Gasteiger partial charge in [0.15, 0.2) is 0 Å². The Balaban J connectivity index is 0.000000704. The summed E-state index contributed by atoms with van der Waals surface area (Å²) in [5.41, 5.74) is 1.78. The number of carbonyl (C=O) groups excluding carboxylic acids is 2. The number of carbonyl (C=O) groups is 2. The average Bonchev–Trinajstić information content (AvgIpc) is 2.49. The SMILES string of the molecule is CC.O=C1CCC(c2cnc3ccccc3c2)C(=O)N1. The van der Waals surface area contributed by atoms with Crippen molar-refractivity contribution < 1.29 is 9.59 Å². The minimum Gasteiger partial charge on any atom is -0.296 e. The van der Waals surface area contributed by atoms with Gasteiger partial charge >= 0.3 is 0 Å². The first-order valence-corrected chi connectivity index (χ1v) is 6.92. The fraction of sp³-hybridized carbons (Fsp3) is 0.312. The number of rotatable bonds is 1. The van der Waals surface area contributed by atoms with Crippen molar-refractivity contribution in [1.82, 2.24) is 10.3 Å². The van der Waals surface area contributed by atoms with Crippen LogP contribution < -0.4 is 5.32 Å². The molecule has 20 heavy (non-hydrogen) atoms. The van der Waals surface area contributed by atoms with Crippen molar-refractivity contribution in [3.8, 4) is 0 Å². The third-order valence-corrected chi connectivity index (χ3v) is 3.25. The molecule has 104 valence electrons. The van der Waals surface area contributed by atoms with Crippen LogP contribution in [0.4, 0.5) is 0 Å². The zero-order valence-electron chi connectivity index (χ0n) is 11.7. The minimum atomic E-state index is -0.264. The Bertz CT molecular complexity index is 637. The number of nitrogens with zero attached hydrogens (tertiary/aromatic N) is 1. The standard InChI is InChI=1S/C14H12N2O2.C2H6/c17-13-6-5-11(14(18)16-13)10-7-9-3-1-2-4-12(9)15-8-10;1-2/h1-4,7-8,11H,5-6H2,(H,16,17,18);1-2H3. The maximum absolute atomic E-state index is 11.8. The number of imide groups is 1. The Kier molecular flexibility index (Phi) is 4.45. The number of pyridine rings is 1. The highest BCUT2D eigenvalue weighted by Gasteiger charge is 2.28. The maximum atomic E-state index is 11.8. The van der Waals surface area contributed by atoms with Gasteiger partial charge in [0.05, 0.1) is 11.4 Å². The second kappa shape index (κ2) is 6.28. The summed E-state index contributed by atoms with van der Waals surface area (Å²) in [7, 11) is 0. The molecule has 4 heteroatoms. The molecular formula is C16H18N2O2. The van der Waals surface area contributed by atoms with E-state index in [0.717, 1.165) is 16.5 Å². The highest BCUT2D eigenvalue weighted by molar-refractivity contribution is 6.01. The zero-order valence-corrected chi connectivity index (χ0v) is 11.7. The first-order chi connectivity index (χ1) is 9.74. The van der Waals surface area contributed by atoms with E-state index in [0.29, 0.717) is 12.8 Å². The molecule has 4 nitrogen and oxygen atoms in total. The van der Waals surface area contributed by atoms with Gasteiger partial charge < -0.3 is 0 Å². The van der Waals surface area contributed by atoms with Crippen LogP contribution in [0.15, 0.2) is 36.5 Å². The van der Waals surface area contributed by atoms with Gasteiger partial charge in [-0.25, -0.2) is 0 Å². The quantitative estimate of drug-likeness (QED) is 0.811. The predicted octanol–water partition coefficient (Wildman–Crippen LogP) is 2.78. The Morgan fingerprint density at radius 3 is 2.70 bits per heavy atom. The van der Waals surface area contributed by atoms with Crippen molar-refractivity contribution >= 4 is 22.7 Å². The number of nitrogens with one attached hydrogen (secondary N) is 1. The van der Waals surface area contributed by atoms with Gasteiger partial charge in [-0.15, -0.1) is 0 Å². The molecule has 1 unspecified atom stereocenters. The van der Waals surface area contributed by atoms with Gasteiger partial charge in [0.2, 0.25) is 11.8 Å². The summed E-state index contributed by atoms with van der Waals surface area (Å²) in [5.74, 6) is -0.673. The van der Waals surface area contributed by atoms with Crippen molar-refractivity contribution in [2.24, 2.45) is 0 Å². The monoisotopic (exact) mass is 270 g/mol. The van der Waals surface area contributed by atoms with E-state index in [1.165, 1.54) is 0 Å². The van der Waals surface area contributed by atoms with Crippen molar-refractivity contribution in [3.05, 3.63) is 42.1 Å². The number of piperidine rings is 1. The topological polar surface area (TPSA) is 59.1 Å². The number of hydrogen-bond donors (Lipinski definition) is 1. The number of fused-ring (bicyclic) bond motifs is 1. The third kappa shape index (κ3) is 2.85. The van der Waals surface area contributed by atoms with Crippen molar-refractivity contribution in [3.63, 3.8) is 0 Å². The highest BCUT2D eigenvalue weighted by Crippen LogP contribution is 2.26. The Morgan fingerprint density at radius 2 is 1.95 bits per heavy atom. The van der Waals surface area contributed by atoms with Crippen molar-refractivity contribution in [2.45, 2.75) is 32.6 Å². The van der Waals surface area contributed by atoms with Crippen LogP contribution in [-0.2, 0) is 9.59 Å². The molecule has 1 aromatic carbocycles. The van der Waals surface area contributed by atoms with Crippen LogP contribution in [0.5, 0.6) is 0 Å². The molecule has 0 aliphatic carbocycles. The molecule has 1 aromatic heterocycles. The third-order valence-electron chi connectivity index (χ3n) is 3.25. The molecule has 0 bridgehead atoms. The summed E-state index contributed by atoms with van der Waals surface area (Å²) in [6, 6.07) is 9.75. The Morgan fingerprint density at radius 1 is 1.20 bits per heavy atom. The lowest BCUT2D eigenvalue weighted by Crippen LogP contribution is -2.39. The lowest BCUT2D eigenvalue weighted by molar-refractivity contribution is -0.134. The second-order valence-corrected chi connectivity index (χ2v) is 4.47. The summed E-state index contributed by atoms with van der Waals surface area (Å²) in [6.07, 6.45) is 2.68. The van der Waals surface area contributed by atoms with Crippen LogP contribution in [0.1, 0.15) is 38.2 Å². The lowest BCUT2D eigenvalue weighted by atomic mass is 9.91. The van der Waals surface area contributed by atoms with Crippen LogP contribution >= 0.6 is 0 Å². The van der Waals surface area contributed by atoms with Crippen LogP contribution in [-0.4, -0.2) is 16.8 Å². The first-order valence-electron chi connectivity index (χ1n) is 6.92. The molecule has 1 N–H and O–H groups in total. The van der Waals surface area contributed by atoms with Gasteiger partial charge in [0.1, 0.15) is 0 Å². The highest BCUT2D eigenvalue weighted by atomic mass is 16.2. The van der Waals surface area contributed by atoms with E-state index < -0.39 is 0 Å². The van der Waals surface area contributed by atoms with Gasteiger partial charge in [0, 0.05) is 18.0 Å². The van der Waals surface area contributed by atoms with E-state index in [2.05, 4.69) is 10.3 Å². The van der Waals surface area contributed by atoms with Gasteiger partial charge in [-0.05, 0) is 24.1 Å². The molecule has 0 spiro atoms. The van der Waals surface area contributed by atoms with E-state index in [1.54, 1.807) is 6.20 Å². The van der Waals surface area contributed by atoms with E-state index >= 15 is 0 Å². The molecular weight excluding hydrogens is 252 g/mol. The van der Waals surface area contributed by atoms with E-state index in [-0.39, 0.29) is 17.7 Å². The first kappa shape index (κ1) is 14.2. The average molecular weight is 270 g/mol. The lowest BCUT2D eigenvalue weighted by Gasteiger charge is -2.20. The van der Waals surface area contributed by atoms with Crippen LogP contribution in [0.25, 0.3) is 10.9 Å². The predicted molar refractivity (Wildman–Crippen MR) is 78.2 cm³/mol. The van der Waals surface area contributed by atoms with Gasteiger partial charge in [-0.1, -0.05) is 32.0 Å². The van der Waals surface area contributed by atoms with E-state index in [4.69, 9.17) is 0 Å².